The summed E-state index contributed by atoms with van der Waals surface area (Å²) in [6.45, 7) is 1.18. The summed E-state index contributed by atoms with van der Waals surface area (Å²) in [7, 11) is 1.64. The lowest BCUT2D eigenvalue weighted by molar-refractivity contribution is -0.153. The van der Waals surface area contributed by atoms with E-state index in [2.05, 4.69) is 11.4 Å². The second kappa shape index (κ2) is 9.01. The number of anilines is 1. The van der Waals surface area contributed by atoms with Crippen LogP contribution in [0.2, 0.25) is 0 Å². The van der Waals surface area contributed by atoms with Crippen molar-refractivity contribution in [3.63, 3.8) is 0 Å². The molecule has 4 rings (SSSR count). The Morgan fingerprint density at radius 1 is 1.22 bits per heavy atom. The first kappa shape index (κ1) is 21.8. The van der Waals surface area contributed by atoms with Crippen LogP contribution in [0.5, 0.6) is 0 Å². The molecular formula is C23H24N4O4S. The number of carbonyl (C=O) groups is 2. The van der Waals surface area contributed by atoms with Crippen LogP contribution in [0, 0.1) is 11.3 Å². The van der Waals surface area contributed by atoms with Gasteiger partial charge in [0.15, 0.2) is 6.10 Å². The fourth-order valence-electron chi connectivity index (χ4n) is 4.10. The number of nitrogens with zero attached hydrogens (tertiary/aromatic N) is 3. The van der Waals surface area contributed by atoms with E-state index in [1.54, 1.807) is 25.2 Å². The summed E-state index contributed by atoms with van der Waals surface area (Å²) in [5.74, 6) is -1.19. The molecular weight excluding hydrogens is 428 g/mol. The summed E-state index contributed by atoms with van der Waals surface area (Å²) in [6.07, 6.45) is 3.94. The predicted octanol–water partition coefficient (Wildman–Crippen LogP) is 3.11. The fourth-order valence-corrected chi connectivity index (χ4v) is 5.34. The maximum absolute atomic E-state index is 12.7. The predicted molar refractivity (Wildman–Crippen MR) is 122 cm³/mol. The Hall–Kier alpha value is -3.38. The minimum atomic E-state index is -1.07. The Morgan fingerprint density at radius 3 is 2.69 bits per heavy atom. The number of thiophene rings is 1. The highest BCUT2D eigenvalue weighted by Gasteiger charge is 2.25. The number of hydrogen-bond donors (Lipinski definition) is 1. The van der Waals surface area contributed by atoms with E-state index in [1.165, 1.54) is 27.4 Å². The first-order chi connectivity index (χ1) is 15.4. The lowest BCUT2D eigenvalue weighted by atomic mass is 10.1. The molecule has 1 unspecified atom stereocenters. The van der Waals surface area contributed by atoms with Crippen molar-refractivity contribution in [2.45, 2.75) is 51.7 Å². The van der Waals surface area contributed by atoms with Gasteiger partial charge in [-0.1, -0.05) is 18.6 Å². The standard InChI is InChI=1S/C23H24N4O4S/c1-14(21(29)25-22-16(12-24)15-8-4-3-5-11-19(15)32-22)31-20(28)13-27-18-10-7-6-9-17(18)26(2)23(27)30/h6-7,9-10,14H,3-5,8,11,13H2,1-2H3,(H,25,29). The molecule has 32 heavy (non-hydrogen) atoms. The second-order valence-corrected chi connectivity index (χ2v) is 9.02. The molecule has 0 radical (unpaired) electrons. The highest BCUT2D eigenvalue weighted by Crippen LogP contribution is 2.37. The molecule has 2 aromatic heterocycles. The maximum Gasteiger partial charge on any atom is 0.329 e. The molecule has 2 heterocycles. The smallest absolute Gasteiger partial charge is 0.329 e. The monoisotopic (exact) mass is 452 g/mol. The summed E-state index contributed by atoms with van der Waals surface area (Å²) >= 11 is 1.43. The van der Waals surface area contributed by atoms with Crippen LogP contribution in [-0.4, -0.2) is 27.1 Å². The number of aryl methyl sites for hydroxylation is 2. The number of carbonyl (C=O) groups excluding carboxylic acids is 2. The molecule has 1 amide bonds. The van der Waals surface area contributed by atoms with Gasteiger partial charge in [-0.25, -0.2) is 4.79 Å². The lowest BCUT2D eigenvalue weighted by Crippen LogP contribution is -2.33. The lowest BCUT2D eigenvalue weighted by Gasteiger charge is -2.13. The van der Waals surface area contributed by atoms with E-state index in [0.29, 0.717) is 21.6 Å². The Kier molecular flexibility index (Phi) is 6.15. The van der Waals surface area contributed by atoms with Crippen LogP contribution in [0.3, 0.4) is 0 Å². The van der Waals surface area contributed by atoms with Crippen LogP contribution < -0.4 is 11.0 Å². The number of benzene rings is 1. The minimum Gasteiger partial charge on any atom is -0.451 e. The Morgan fingerprint density at radius 2 is 1.94 bits per heavy atom. The molecule has 0 spiro atoms. The van der Waals surface area contributed by atoms with Crippen molar-refractivity contribution in [3.05, 3.63) is 50.8 Å². The quantitative estimate of drug-likeness (QED) is 0.473. The molecule has 1 atom stereocenters. The molecule has 1 aliphatic rings. The summed E-state index contributed by atoms with van der Waals surface area (Å²) in [4.78, 5) is 38.8. The first-order valence-corrected chi connectivity index (χ1v) is 11.4. The molecule has 1 aliphatic carbocycles. The van der Waals surface area contributed by atoms with Gasteiger partial charge in [0.1, 0.15) is 17.6 Å². The number of ether oxygens (including phenoxy) is 1. The van der Waals surface area contributed by atoms with Gasteiger partial charge in [0.2, 0.25) is 0 Å². The second-order valence-electron chi connectivity index (χ2n) is 7.92. The van der Waals surface area contributed by atoms with Crippen molar-refractivity contribution in [1.29, 1.82) is 5.26 Å². The van der Waals surface area contributed by atoms with Crippen LogP contribution in [0.1, 0.15) is 42.2 Å². The molecule has 0 saturated heterocycles. The molecule has 8 nitrogen and oxygen atoms in total. The van der Waals surface area contributed by atoms with Gasteiger partial charge in [0, 0.05) is 11.9 Å². The minimum absolute atomic E-state index is 0.297. The molecule has 3 aromatic rings. The van der Waals surface area contributed by atoms with E-state index in [9.17, 15) is 19.6 Å². The highest BCUT2D eigenvalue weighted by molar-refractivity contribution is 7.16. The van der Waals surface area contributed by atoms with Crippen molar-refractivity contribution in [3.8, 4) is 6.07 Å². The van der Waals surface area contributed by atoms with Gasteiger partial charge in [0.25, 0.3) is 5.91 Å². The number of amides is 1. The third kappa shape index (κ3) is 4.06. The molecule has 166 valence electrons. The summed E-state index contributed by atoms with van der Waals surface area (Å²) in [5, 5.41) is 12.9. The van der Waals surface area contributed by atoms with E-state index >= 15 is 0 Å². The van der Waals surface area contributed by atoms with Crippen LogP contribution >= 0.6 is 11.3 Å². The van der Waals surface area contributed by atoms with E-state index < -0.39 is 18.0 Å². The number of fused-ring (bicyclic) bond motifs is 2. The van der Waals surface area contributed by atoms with Gasteiger partial charge in [0.05, 0.1) is 16.6 Å². The van der Waals surface area contributed by atoms with E-state index in [0.717, 1.165) is 42.5 Å². The van der Waals surface area contributed by atoms with Crippen LogP contribution in [-0.2, 0) is 40.8 Å². The average molecular weight is 453 g/mol. The fraction of sp³-hybridized carbons (Fsp3) is 0.391. The zero-order chi connectivity index (χ0) is 22.8. The van der Waals surface area contributed by atoms with Gasteiger partial charge in [-0.3, -0.25) is 18.7 Å². The maximum atomic E-state index is 12.7. The van der Waals surface area contributed by atoms with E-state index in [1.807, 2.05) is 6.07 Å². The molecule has 1 N–H and O–H groups in total. The number of nitriles is 1. The molecule has 0 saturated carbocycles. The van der Waals surface area contributed by atoms with Crippen molar-refractivity contribution in [2.24, 2.45) is 7.05 Å². The Bertz CT molecular complexity index is 1290. The van der Waals surface area contributed by atoms with Gasteiger partial charge in [-0.05, 0) is 50.3 Å². The van der Waals surface area contributed by atoms with Gasteiger partial charge in [-0.2, -0.15) is 5.26 Å². The number of rotatable bonds is 5. The van der Waals surface area contributed by atoms with Crippen LogP contribution in [0.25, 0.3) is 11.0 Å². The molecule has 1 aromatic carbocycles. The summed E-state index contributed by atoms with van der Waals surface area (Å²) in [6, 6.07) is 9.38. The zero-order valence-corrected chi connectivity index (χ0v) is 18.8. The average Bonchev–Trinajstić information content (AvgIpc) is 3.10. The van der Waals surface area contributed by atoms with E-state index in [4.69, 9.17) is 4.74 Å². The largest absolute Gasteiger partial charge is 0.451 e. The zero-order valence-electron chi connectivity index (χ0n) is 18.0. The SMILES string of the molecule is CC(OC(=O)Cn1c(=O)n(C)c2ccccc21)C(=O)Nc1sc2c(c1C#N)CCCCC2. The van der Waals surface area contributed by atoms with Crippen LogP contribution in [0.4, 0.5) is 5.00 Å². The highest BCUT2D eigenvalue weighted by atomic mass is 32.1. The van der Waals surface area contributed by atoms with Gasteiger partial charge < -0.3 is 10.1 Å². The summed E-state index contributed by atoms with van der Waals surface area (Å²) in [5.41, 5.74) is 2.54. The normalized spacial score (nSPS) is 14.3. The van der Waals surface area contributed by atoms with Crippen LogP contribution in [0.15, 0.2) is 29.1 Å². The topological polar surface area (TPSA) is 106 Å². The number of esters is 1. The molecule has 0 aliphatic heterocycles. The first-order valence-electron chi connectivity index (χ1n) is 10.6. The number of hydrogen-bond acceptors (Lipinski definition) is 6. The van der Waals surface area contributed by atoms with Gasteiger partial charge in [-0.15, -0.1) is 11.3 Å². The van der Waals surface area contributed by atoms with E-state index in [-0.39, 0.29) is 12.2 Å². The molecule has 9 heteroatoms. The molecule has 0 fully saturated rings. The Balaban J connectivity index is 1.45. The van der Waals surface area contributed by atoms with Crippen molar-refractivity contribution >= 4 is 39.2 Å². The summed E-state index contributed by atoms with van der Waals surface area (Å²) < 4.78 is 8.09. The Labute approximate surface area is 189 Å². The molecule has 0 bridgehead atoms. The van der Waals surface area contributed by atoms with Crippen molar-refractivity contribution < 1.29 is 14.3 Å². The number of imidazole rings is 1. The number of nitrogens with one attached hydrogen (secondary N) is 1. The van der Waals surface area contributed by atoms with Crippen molar-refractivity contribution in [1.82, 2.24) is 9.13 Å². The third-order valence-corrected chi connectivity index (χ3v) is 6.99. The number of para-hydroxylation sites is 2. The number of aromatic nitrogens is 2. The van der Waals surface area contributed by atoms with Gasteiger partial charge >= 0.3 is 11.7 Å². The van der Waals surface area contributed by atoms with Crippen molar-refractivity contribution in [2.75, 3.05) is 5.32 Å². The third-order valence-electron chi connectivity index (χ3n) is 5.79.